The highest BCUT2D eigenvalue weighted by molar-refractivity contribution is 9.11. The molecular weight excluding hydrogens is 736 g/mol. The second-order valence-electron chi connectivity index (χ2n) is 6.44. The van der Waals surface area contributed by atoms with Crippen LogP contribution in [-0.4, -0.2) is 15.0 Å². The highest BCUT2D eigenvalue weighted by Crippen LogP contribution is 2.31. The average Bonchev–Trinajstić information content (AvgIpc) is 2.74. The summed E-state index contributed by atoms with van der Waals surface area (Å²) in [6.45, 7) is 0. The molecule has 0 aliphatic carbocycles. The van der Waals surface area contributed by atoms with Gasteiger partial charge in [0.1, 0.15) is 0 Å². The van der Waals surface area contributed by atoms with Gasteiger partial charge in [-0.25, -0.2) is 0 Å². The van der Waals surface area contributed by atoms with Gasteiger partial charge in [-0.05, 0) is 92.5 Å². The summed E-state index contributed by atoms with van der Waals surface area (Å²) >= 11 is 17.5. The third-order valence-corrected chi connectivity index (χ3v) is 6.92. The van der Waals surface area contributed by atoms with Crippen LogP contribution in [0.4, 0.5) is 34.9 Å². The number of aromatic nitrogens is 3. The van der Waals surface area contributed by atoms with Crippen LogP contribution in [-0.2, 0) is 0 Å². The fraction of sp³-hybridized carbons (Fsp3) is 0. The van der Waals surface area contributed by atoms with E-state index in [4.69, 9.17) is 0 Å². The van der Waals surface area contributed by atoms with Crippen LogP contribution in [0.1, 0.15) is 0 Å². The van der Waals surface area contributed by atoms with Crippen molar-refractivity contribution in [3.63, 3.8) is 0 Å². The number of halogens is 5. The van der Waals surface area contributed by atoms with E-state index >= 15 is 0 Å². The van der Waals surface area contributed by atoms with Crippen LogP contribution >= 0.6 is 79.6 Å². The standard InChI is InChI=1S/C21H13Br5N6/c22-11-1-5-14(6-2-11)27-19-30-20(28-17-7-3-12(23)9-15(17)25)32-21(31-19)29-18-8-4-13(24)10-16(18)26/h1-10H,(H3,27,28,29,30,31,32). The number of benzene rings is 3. The Bertz CT molecular complexity index is 1190. The van der Waals surface area contributed by atoms with Gasteiger partial charge in [-0.1, -0.05) is 47.8 Å². The van der Waals surface area contributed by atoms with E-state index in [1.54, 1.807) is 0 Å². The van der Waals surface area contributed by atoms with E-state index in [9.17, 15) is 0 Å². The molecule has 0 amide bonds. The first-order chi connectivity index (χ1) is 15.4. The molecule has 0 radical (unpaired) electrons. The molecule has 162 valence electrons. The summed E-state index contributed by atoms with van der Waals surface area (Å²) in [5.74, 6) is 1.17. The van der Waals surface area contributed by atoms with Crippen molar-refractivity contribution >= 4 is 115 Å². The van der Waals surface area contributed by atoms with Gasteiger partial charge in [-0.15, -0.1) is 0 Å². The van der Waals surface area contributed by atoms with Crippen molar-refractivity contribution in [1.29, 1.82) is 0 Å². The third kappa shape index (κ3) is 6.28. The van der Waals surface area contributed by atoms with Crippen molar-refractivity contribution in [1.82, 2.24) is 15.0 Å². The zero-order valence-electron chi connectivity index (χ0n) is 16.0. The monoisotopic (exact) mass is 744 g/mol. The number of hydrogen-bond donors (Lipinski definition) is 3. The highest BCUT2D eigenvalue weighted by Gasteiger charge is 2.11. The van der Waals surface area contributed by atoms with Crippen molar-refractivity contribution in [2.24, 2.45) is 0 Å². The molecule has 0 saturated carbocycles. The minimum Gasteiger partial charge on any atom is -0.324 e. The van der Waals surface area contributed by atoms with Crippen LogP contribution < -0.4 is 16.0 Å². The molecule has 3 N–H and O–H groups in total. The summed E-state index contributed by atoms with van der Waals surface area (Å²) in [7, 11) is 0. The van der Waals surface area contributed by atoms with E-state index in [1.165, 1.54) is 0 Å². The zero-order chi connectivity index (χ0) is 22.7. The van der Waals surface area contributed by atoms with Crippen molar-refractivity contribution in [2.45, 2.75) is 0 Å². The topological polar surface area (TPSA) is 74.8 Å². The zero-order valence-corrected chi connectivity index (χ0v) is 23.9. The largest absolute Gasteiger partial charge is 0.324 e. The average molecular weight is 749 g/mol. The van der Waals surface area contributed by atoms with Crippen LogP contribution in [0.2, 0.25) is 0 Å². The lowest BCUT2D eigenvalue weighted by molar-refractivity contribution is 1.06. The molecule has 0 bridgehead atoms. The highest BCUT2D eigenvalue weighted by atomic mass is 79.9. The first kappa shape index (κ1) is 23.6. The summed E-state index contributed by atoms with van der Waals surface area (Å²) in [5.41, 5.74) is 2.50. The van der Waals surface area contributed by atoms with Gasteiger partial charge in [-0.3, -0.25) is 0 Å². The Labute approximate surface area is 226 Å². The number of nitrogens with zero attached hydrogens (tertiary/aromatic N) is 3. The van der Waals surface area contributed by atoms with Crippen LogP contribution in [0.15, 0.2) is 83.0 Å². The minimum atomic E-state index is 0.387. The van der Waals surface area contributed by atoms with Gasteiger partial charge in [-0.2, -0.15) is 15.0 Å². The summed E-state index contributed by atoms with van der Waals surface area (Å²) in [6, 6.07) is 19.4. The molecule has 3 aromatic carbocycles. The Hall–Kier alpha value is -1.53. The van der Waals surface area contributed by atoms with Gasteiger partial charge in [0.2, 0.25) is 17.8 Å². The Morgan fingerprint density at radius 1 is 0.469 bits per heavy atom. The minimum absolute atomic E-state index is 0.387. The van der Waals surface area contributed by atoms with Crippen molar-refractivity contribution in [3.8, 4) is 0 Å². The molecule has 0 spiro atoms. The number of rotatable bonds is 6. The summed E-state index contributed by atoms with van der Waals surface area (Å²) in [6.07, 6.45) is 0. The van der Waals surface area contributed by atoms with E-state index in [2.05, 4.69) is 111 Å². The number of hydrogen-bond acceptors (Lipinski definition) is 6. The van der Waals surface area contributed by atoms with Crippen LogP contribution in [0.25, 0.3) is 0 Å². The van der Waals surface area contributed by atoms with Crippen molar-refractivity contribution in [3.05, 3.63) is 83.0 Å². The maximum atomic E-state index is 4.55. The second kappa shape index (κ2) is 10.6. The normalized spacial score (nSPS) is 10.7. The molecule has 11 heteroatoms. The summed E-state index contributed by atoms with van der Waals surface area (Å²) in [4.78, 5) is 13.6. The third-order valence-electron chi connectivity index (χ3n) is 4.09. The van der Waals surface area contributed by atoms with E-state index in [-0.39, 0.29) is 0 Å². The SMILES string of the molecule is Brc1ccc(Nc2nc(Nc3ccc(Br)cc3Br)nc(Nc3ccc(Br)cc3Br)n2)cc1. The number of anilines is 6. The molecule has 0 fully saturated rings. The maximum Gasteiger partial charge on any atom is 0.233 e. The van der Waals surface area contributed by atoms with E-state index in [0.717, 1.165) is 39.4 Å². The molecular formula is C21H13Br5N6. The first-order valence-electron chi connectivity index (χ1n) is 9.08. The van der Waals surface area contributed by atoms with Crippen molar-refractivity contribution < 1.29 is 0 Å². The molecule has 1 aromatic heterocycles. The summed E-state index contributed by atoms with van der Waals surface area (Å²) in [5, 5.41) is 9.73. The van der Waals surface area contributed by atoms with E-state index in [1.807, 2.05) is 60.7 Å². The van der Waals surface area contributed by atoms with Crippen LogP contribution in [0.3, 0.4) is 0 Å². The molecule has 32 heavy (non-hydrogen) atoms. The van der Waals surface area contributed by atoms with Crippen LogP contribution in [0.5, 0.6) is 0 Å². The van der Waals surface area contributed by atoms with Gasteiger partial charge in [0, 0.05) is 28.1 Å². The van der Waals surface area contributed by atoms with Gasteiger partial charge < -0.3 is 16.0 Å². The van der Waals surface area contributed by atoms with E-state index < -0.39 is 0 Å². The lowest BCUT2D eigenvalue weighted by Gasteiger charge is -2.13. The molecule has 6 nitrogen and oxygen atoms in total. The molecule has 4 rings (SSSR count). The van der Waals surface area contributed by atoms with Crippen LogP contribution in [0, 0.1) is 0 Å². The molecule has 0 aliphatic heterocycles. The molecule has 0 unspecified atom stereocenters. The quantitative estimate of drug-likeness (QED) is 0.183. The first-order valence-corrected chi connectivity index (χ1v) is 13.0. The van der Waals surface area contributed by atoms with Gasteiger partial charge in [0.15, 0.2) is 0 Å². The predicted molar refractivity (Wildman–Crippen MR) is 148 cm³/mol. The van der Waals surface area contributed by atoms with Gasteiger partial charge in [0.25, 0.3) is 0 Å². The molecule has 0 atom stereocenters. The Kier molecular flexibility index (Phi) is 7.83. The van der Waals surface area contributed by atoms with Gasteiger partial charge in [0.05, 0.1) is 11.4 Å². The van der Waals surface area contributed by atoms with Gasteiger partial charge >= 0.3 is 0 Å². The van der Waals surface area contributed by atoms with E-state index in [0.29, 0.717) is 17.8 Å². The predicted octanol–water partition coefficient (Wildman–Crippen LogP) is 8.91. The lowest BCUT2D eigenvalue weighted by Crippen LogP contribution is -2.07. The fourth-order valence-corrected chi connectivity index (χ4v) is 5.19. The number of nitrogens with one attached hydrogen (secondary N) is 3. The molecule has 0 aliphatic rings. The maximum absolute atomic E-state index is 4.55. The molecule has 4 aromatic rings. The second-order valence-corrected chi connectivity index (χ2v) is 10.9. The summed E-state index contributed by atoms with van der Waals surface area (Å²) < 4.78 is 4.67. The Morgan fingerprint density at radius 3 is 1.31 bits per heavy atom. The van der Waals surface area contributed by atoms with Crippen molar-refractivity contribution in [2.75, 3.05) is 16.0 Å². The fourth-order valence-electron chi connectivity index (χ4n) is 2.63. The lowest BCUT2D eigenvalue weighted by atomic mass is 10.3. The molecule has 1 heterocycles. The Balaban J connectivity index is 1.68. The Morgan fingerprint density at radius 2 is 0.875 bits per heavy atom. The molecule has 0 saturated heterocycles. The smallest absolute Gasteiger partial charge is 0.233 e.